The van der Waals surface area contributed by atoms with E-state index in [1.54, 1.807) is 6.20 Å². The first-order valence-corrected chi connectivity index (χ1v) is 6.24. The molecule has 0 aliphatic heterocycles. The maximum atomic E-state index is 10.6. The Morgan fingerprint density at radius 2 is 2.21 bits per heavy atom. The van der Waals surface area contributed by atoms with Crippen molar-refractivity contribution in [3.63, 3.8) is 0 Å². The number of pyridine rings is 1. The van der Waals surface area contributed by atoms with Crippen molar-refractivity contribution in [3.8, 4) is 0 Å². The summed E-state index contributed by atoms with van der Waals surface area (Å²) in [4.78, 5) is 21.5. The first-order chi connectivity index (χ1) is 6.49. The molecule has 78 valence electrons. The first kappa shape index (κ1) is 11.4. The molecule has 0 radical (unpaired) electrons. The van der Waals surface area contributed by atoms with Crippen LogP contribution in [0.15, 0.2) is 24.4 Å². The highest BCUT2D eigenvalue weighted by molar-refractivity contribution is 7.51. The van der Waals surface area contributed by atoms with Gasteiger partial charge in [0.05, 0.1) is 6.16 Å². The molecule has 0 saturated carbocycles. The molecule has 1 unspecified atom stereocenters. The van der Waals surface area contributed by atoms with Gasteiger partial charge in [-0.2, -0.15) is 0 Å². The molecule has 1 aromatic heterocycles. The molecule has 2 N–H and O–H groups in total. The third kappa shape index (κ3) is 4.01. The minimum atomic E-state index is -3.87. The van der Waals surface area contributed by atoms with Gasteiger partial charge in [-0.25, -0.2) is 0 Å². The van der Waals surface area contributed by atoms with Gasteiger partial charge in [-0.1, -0.05) is 13.0 Å². The molecule has 0 aliphatic carbocycles. The van der Waals surface area contributed by atoms with Gasteiger partial charge in [0.2, 0.25) is 0 Å². The normalized spacial score (nSPS) is 13.9. The van der Waals surface area contributed by atoms with E-state index < -0.39 is 7.60 Å². The average molecular weight is 215 g/mol. The van der Waals surface area contributed by atoms with Crippen LogP contribution in [0.5, 0.6) is 0 Å². The van der Waals surface area contributed by atoms with E-state index in [1.807, 2.05) is 25.1 Å². The van der Waals surface area contributed by atoms with Gasteiger partial charge in [-0.15, -0.1) is 0 Å². The lowest BCUT2D eigenvalue weighted by atomic mass is 10.0. The van der Waals surface area contributed by atoms with Gasteiger partial charge in [0.15, 0.2) is 0 Å². The predicted molar refractivity (Wildman–Crippen MR) is 54.2 cm³/mol. The first-order valence-electron chi connectivity index (χ1n) is 4.44. The molecule has 1 aromatic rings. The fourth-order valence-electron chi connectivity index (χ4n) is 1.18. The van der Waals surface area contributed by atoms with E-state index in [4.69, 9.17) is 9.79 Å². The molecular weight excluding hydrogens is 201 g/mol. The summed E-state index contributed by atoms with van der Waals surface area (Å²) in [6, 6.07) is 5.56. The number of rotatable bonds is 4. The highest BCUT2D eigenvalue weighted by atomic mass is 31.2. The smallest absolute Gasteiger partial charge is 0.324 e. The Labute approximate surface area is 83.2 Å². The molecule has 1 heterocycles. The van der Waals surface area contributed by atoms with Crippen LogP contribution in [0.1, 0.15) is 25.0 Å². The third-order valence-electron chi connectivity index (χ3n) is 2.05. The predicted octanol–water partition coefficient (Wildman–Crippen LogP) is 1.75. The molecular formula is C9H14NO3P. The molecule has 0 aliphatic rings. The van der Waals surface area contributed by atoms with E-state index in [0.29, 0.717) is 6.42 Å². The van der Waals surface area contributed by atoms with E-state index in [2.05, 4.69) is 4.98 Å². The fourth-order valence-corrected chi connectivity index (χ4v) is 1.90. The zero-order chi connectivity index (χ0) is 10.6. The summed E-state index contributed by atoms with van der Waals surface area (Å²) in [5, 5.41) is 0. The van der Waals surface area contributed by atoms with Crippen molar-refractivity contribution < 1.29 is 14.4 Å². The quantitative estimate of drug-likeness (QED) is 0.750. The van der Waals surface area contributed by atoms with Crippen LogP contribution in [0.4, 0.5) is 0 Å². The molecule has 0 bridgehead atoms. The highest BCUT2D eigenvalue weighted by Crippen LogP contribution is 2.37. The lowest BCUT2D eigenvalue weighted by Crippen LogP contribution is -1.99. The standard InChI is InChI=1S/C9H14NO3P/c1-8(5-7-14(11,12)13)9-4-2-3-6-10-9/h2-4,6,8H,5,7H2,1H3,(H2,11,12,13). The van der Waals surface area contributed by atoms with Crippen molar-refractivity contribution >= 4 is 7.60 Å². The zero-order valence-electron chi connectivity index (χ0n) is 8.00. The summed E-state index contributed by atoms with van der Waals surface area (Å²) in [5.74, 6) is 0.0869. The minimum absolute atomic E-state index is 0.0786. The van der Waals surface area contributed by atoms with Crippen LogP contribution in [0.2, 0.25) is 0 Å². The summed E-state index contributed by atoms with van der Waals surface area (Å²) in [7, 11) is -3.87. The Morgan fingerprint density at radius 1 is 1.50 bits per heavy atom. The Kier molecular flexibility index (Phi) is 3.81. The molecule has 1 rings (SSSR count). The zero-order valence-corrected chi connectivity index (χ0v) is 8.89. The van der Waals surface area contributed by atoms with E-state index >= 15 is 0 Å². The van der Waals surface area contributed by atoms with Crippen molar-refractivity contribution in [3.05, 3.63) is 30.1 Å². The number of aromatic nitrogens is 1. The molecule has 5 heteroatoms. The monoisotopic (exact) mass is 215 g/mol. The maximum Gasteiger partial charge on any atom is 0.325 e. The molecule has 0 amide bonds. The van der Waals surface area contributed by atoms with Crippen molar-refractivity contribution in [1.82, 2.24) is 4.98 Å². The molecule has 0 spiro atoms. The van der Waals surface area contributed by atoms with Gasteiger partial charge >= 0.3 is 7.60 Å². The number of hydrogen-bond donors (Lipinski definition) is 2. The second-order valence-corrected chi connectivity index (χ2v) is 5.11. The van der Waals surface area contributed by atoms with Gasteiger partial charge in [-0.05, 0) is 24.5 Å². The Morgan fingerprint density at radius 3 is 2.71 bits per heavy atom. The van der Waals surface area contributed by atoms with Crippen LogP contribution in [0, 0.1) is 0 Å². The van der Waals surface area contributed by atoms with Crippen LogP contribution in [-0.4, -0.2) is 20.9 Å². The molecule has 14 heavy (non-hydrogen) atoms. The minimum Gasteiger partial charge on any atom is -0.324 e. The summed E-state index contributed by atoms with van der Waals surface area (Å²) in [6.07, 6.45) is 2.06. The van der Waals surface area contributed by atoms with Gasteiger partial charge in [0, 0.05) is 11.9 Å². The van der Waals surface area contributed by atoms with Crippen molar-refractivity contribution in [2.24, 2.45) is 0 Å². The van der Waals surface area contributed by atoms with Crippen LogP contribution in [0.3, 0.4) is 0 Å². The van der Waals surface area contributed by atoms with Crippen LogP contribution < -0.4 is 0 Å². The summed E-state index contributed by atoms with van der Waals surface area (Å²) in [6.45, 7) is 1.91. The van der Waals surface area contributed by atoms with Gasteiger partial charge in [0.25, 0.3) is 0 Å². The van der Waals surface area contributed by atoms with E-state index in [0.717, 1.165) is 5.69 Å². The topological polar surface area (TPSA) is 70.4 Å². The fraction of sp³-hybridized carbons (Fsp3) is 0.444. The summed E-state index contributed by atoms with van der Waals surface area (Å²) < 4.78 is 10.6. The summed E-state index contributed by atoms with van der Waals surface area (Å²) >= 11 is 0. The number of nitrogens with zero attached hydrogens (tertiary/aromatic N) is 1. The van der Waals surface area contributed by atoms with Crippen molar-refractivity contribution in [2.75, 3.05) is 6.16 Å². The number of hydrogen-bond acceptors (Lipinski definition) is 2. The van der Waals surface area contributed by atoms with E-state index in [-0.39, 0.29) is 12.1 Å². The van der Waals surface area contributed by atoms with Crippen LogP contribution in [0.25, 0.3) is 0 Å². The molecule has 0 aromatic carbocycles. The highest BCUT2D eigenvalue weighted by Gasteiger charge is 2.16. The van der Waals surface area contributed by atoms with Gasteiger partial charge in [0.1, 0.15) is 0 Å². The van der Waals surface area contributed by atoms with Crippen LogP contribution >= 0.6 is 7.60 Å². The van der Waals surface area contributed by atoms with Crippen molar-refractivity contribution in [2.45, 2.75) is 19.3 Å². The Hall–Kier alpha value is -0.700. The second kappa shape index (κ2) is 4.69. The Bertz CT molecular complexity index is 322. The lowest BCUT2D eigenvalue weighted by Gasteiger charge is -2.10. The Balaban J connectivity index is 2.52. The third-order valence-corrected chi connectivity index (χ3v) is 2.89. The lowest BCUT2D eigenvalue weighted by molar-refractivity contribution is 0.370. The summed E-state index contributed by atoms with van der Waals surface area (Å²) in [5.41, 5.74) is 0.876. The van der Waals surface area contributed by atoms with Gasteiger partial charge < -0.3 is 9.79 Å². The van der Waals surface area contributed by atoms with Gasteiger partial charge in [-0.3, -0.25) is 9.55 Å². The largest absolute Gasteiger partial charge is 0.325 e. The van der Waals surface area contributed by atoms with Crippen molar-refractivity contribution in [1.29, 1.82) is 0 Å². The molecule has 1 atom stereocenters. The molecule has 4 nitrogen and oxygen atoms in total. The van der Waals surface area contributed by atoms with E-state index in [1.165, 1.54) is 0 Å². The van der Waals surface area contributed by atoms with Crippen LogP contribution in [-0.2, 0) is 4.57 Å². The second-order valence-electron chi connectivity index (χ2n) is 3.33. The van der Waals surface area contributed by atoms with E-state index in [9.17, 15) is 4.57 Å². The maximum absolute atomic E-state index is 10.6. The SMILES string of the molecule is CC(CCP(=O)(O)O)c1ccccn1. The average Bonchev–Trinajstić information content (AvgIpc) is 2.14. The molecule has 0 fully saturated rings. The molecule has 0 saturated heterocycles.